The van der Waals surface area contributed by atoms with Crippen LogP contribution in [0, 0.1) is 0 Å². The second-order valence-electron chi connectivity index (χ2n) is 8.04. The summed E-state index contributed by atoms with van der Waals surface area (Å²) in [4.78, 5) is 29.6. The molecule has 2 aromatic rings. The molecule has 0 unspecified atom stereocenters. The average molecular weight is 424 g/mol. The lowest BCUT2D eigenvalue weighted by Crippen LogP contribution is -2.57. The number of fused-ring (bicyclic) bond motifs is 1. The Labute approximate surface area is 182 Å². The molecule has 7 heteroatoms. The second-order valence-corrected chi connectivity index (χ2v) is 8.04. The molecule has 7 nitrogen and oxygen atoms in total. The first-order chi connectivity index (χ1) is 15.0. The van der Waals surface area contributed by atoms with Crippen LogP contribution in [0.1, 0.15) is 25.5 Å². The molecule has 2 aromatic carbocycles. The summed E-state index contributed by atoms with van der Waals surface area (Å²) in [6.07, 6.45) is -0.631. The number of nitrogens with zero attached hydrogens (tertiary/aromatic N) is 2. The molecule has 4 rings (SSSR count). The fraction of sp³-hybridized carbons (Fsp3) is 0.417. The summed E-state index contributed by atoms with van der Waals surface area (Å²) in [6, 6.07) is 17.0. The predicted octanol–water partition coefficient (Wildman–Crippen LogP) is 2.24. The Balaban J connectivity index is 1.27. The van der Waals surface area contributed by atoms with Crippen LogP contribution in [0.5, 0.6) is 11.5 Å². The summed E-state index contributed by atoms with van der Waals surface area (Å²) < 4.78 is 11.5. The minimum Gasteiger partial charge on any atom is -0.485 e. The zero-order chi connectivity index (χ0) is 21.8. The van der Waals surface area contributed by atoms with Crippen molar-refractivity contribution in [2.45, 2.75) is 32.0 Å². The summed E-state index contributed by atoms with van der Waals surface area (Å²) in [7, 11) is 0. The van der Waals surface area contributed by atoms with E-state index in [-0.39, 0.29) is 30.5 Å². The molecule has 1 saturated heterocycles. The first-order valence-electron chi connectivity index (χ1n) is 10.8. The first kappa shape index (κ1) is 21.2. The molecule has 1 fully saturated rings. The zero-order valence-corrected chi connectivity index (χ0v) is 18.0. The van der Waals surface area contributed by atoms with Crippen molar-refractivity contribution in [3.05, 3.63) is 60.2 Å². The van der Waals surface area contributed by atoms with Crippen LogP contribution < -0.4 is 14.8 Å². The standard InChI is InChI=1S/C24H29N3O4/c1-17(19-8-4-3-5-9-19)25-23(28)18(2)26-12-14-27(15-13-26)24(29)22-16-30-20-10-6-7-11-21(20)31-22/h3-11,17-18,22H,12-16H2,1-2H3,(H,25,28)/t17-,18+,22+/m0/s1. The second kappa shape index (κ2) is 9.39. The van der Waals surface area contributed by atoms with Gasteiger partial charge >= 0.3 is 0 Å². The third kappa shape index (κ3) is 4.82. The monoisotopic (exact) mass is 423 g/mol. The maximum atomic E-state index is 12.9. The van der Waals surface area contributed by atoms with Crippen molar-refractivity contribution in [3.63, 3.8) is 0 Å². The van der Waals surface area contributed by atoms with E-state index in [1.165, 1.54) is 0 Å². The molecule has 0 saturated carbocycles. The van der Waals surface area contributed by atoms with Crippen LogP contribution in [0.2, 0.25) is 0 Å². The highest BCUT2D eigenvalue weighted by atomic mass is 16.6. The summed E-state index contributed by atoms with van der Waals surface area (Å²) in [5.41, 5.74) is 1.08. The molecule has 0 bridgehead atoms. The van der Waals surface area contributed by atoms with Gasteiger partial charge in [-0.2, -0.15) is 0 Å². The molecule has 31 heavy (non-hydrogen) atoms. The lowest BCUT2D eigenvalue weighted by atomic mass is 10.1. The van der Waals surface area contributed by atoms with E-state index in [2.05, 4.69) is 10.2 Å². The van der Waals surface area contributed by atoms with Crippen molar-refractivity contribution in [1.29, 1.82) is 0 Å². The van der Waals surface area contributed by atoms with Crippen molar-refractivity contribution >= 4 is 11.8 Å². The van der Waals surface area contributed by atoms with Gasteiger partial charge in [-0.05, 0) is 31.5 Å². The number of rotatable bonds is 5. The highest BCUT2D eigenvalue weighted by molar-refractivity contribution is 5.83. The van der Waals surface area contributed by atoms with Gasteiger partial charge in [-0.15, -0.1) is 0 Å². The summed E-state index contributed by atoms with van der Waals surface area (Å²) >= 11 is 0. The molecule has 2 amide bonds. The molecular formula is C24H29N3O4. The maximum Gasteiger partial charge on any atom is 0.267 e. The zero-order valence-electron chi connectivity index (χ0n) is 18.0. The summed E-state index contributed by atoms with van der Waals surface area (Å²) in [5, 5.41) is 3.09. The number of carbonyl (C=O) groups excluding carboxylic acids is 2. The lowest BCUT2D eigenvalue weighted by molar-refractivity contribution is -0.143. The van der Waals surface area contributed by atoms with Crippen LogP contribution in [0.4, 0.5) is 0 Å². The Morgan fingerprint density at radius 2 is 1.58 bits per heavy atom. The molecular weight excluding hydrogens is 394 g/mol. The van der Waals surface area contributed by atoms with Crippen LogP contribution in [0.3, 0.4) is 0 Å². The Bertz CT molecular complexity index is 912. The van der Waals surface area contributed by atoms with Crippen LogP contribution in [0.15, 0.2) is 54.6 Å². The fourth-order valence-electron chi connectivity index (χ4n) is 4.00. The maximum absolute atomic E-state index is 12.9. The van der Waals surface area contributed by atoms with E-state index >= 15 is 0 Å². The topological polar surface area (TPSA) is 71.1 Å². The molecule has 0 radical (unpaired) electrons. The third-order valence-corrected chi connectivity index (χ3v) is 6.00. The van der Waals surface area contributed by atoms with E-state index in [0.29, 0.717) is 37.7 Å². The van der Waals surface area contributed by atoms with E-state index < -0.39 is 6.10 Å². The quantitative estimate of drug-likeness (QED) is 0.799. The lowest BCUT2D eigenvalue weighted by Gasteiger charge is -2.39. The number of carbonyl (C=O) groups is 2. The van der Waals surface area contributed by atoms with Gasteiger partial charge in [0.25, 0.3) is 5.91 Å². The smallest absolute Gasteiger partial charge is 0.267 e. The van der Waals surface area contributed by atoms with Gasteiger partial charge in [0.05, 0.1) is 12.1 Å². The number of piperazine rings is 1. The van der Waals surface area contributed by atoms with Crippen molar-refractivity contribution < 1.29 is 19.1 Å². The number of hydrogen-bond acceptors (Lipinski definition) is 5. The van der Waals surface area contributed by atoms with Gasteiger partial charge in [0.15, 0.2) is 11.5 Å². The Kier molecular flexibility index (Phi) is 6.42. The van der Waals surface area contributed by atoms with E-state index in [4.69, 9.17) is 9.47 Å². The Morgan fingerprint density at radius 1 is 0.935 bits per heavy atom. The van der Waals surface area contributed by atoms with E-state index in [1.807, 2.05) is 68.4 Å². The molecule has 3 atom stereocenters. The highest BCUT2D eigenvalue weighted by Gasteiger charge is 2.34. The van der Waals surface area contributed by atoms with E-state index in [1.54, 1.807) is 4.90 Å². The Morgan fingerprint density at radius 3 is 2.29 bits per heavy atom. The van der Waals surface area contributed by atoms with Crippen molar-refractivity contribution in [1.82, 2.24) is 15.1 Å². The van der Waals surface area contributed by atoms with Gasteiger partial charge in [-0.1, -0.05) is 42.5 Å². The number of amides is 2. The molecule has 0 aromatic heterocycles. The molecule has 2 aliphatic heterocycles. The molecule has 2 heterocycles. The summed E-state index contributed by atoms with van der Waals surface area (Å²) in [6.45, 7) is 6.53. The minimum atomic E-state index is -0.631. The highest BCUT2D eigenvalue weighted by Crippen LogP contribution is 2.31. The number of hydrogen-bond donors (Lipinski definition) is 1. The van der Waals surface area contributed by atoms with Gasteiger partial charge in [-0.25, -0.2) is 0 Å². The van der Waals surface area contributed by atoms with Crippen LogP contribution in [-0.4, -0.2) is 66.5 Å². The van der Waals surface area contributed by atoms with Gasteiger partial charge in [-0.3, -0.25) is 14.5 Å². The number of ether oxygens (including phenoxy) is 2. The van der Waals surface area contributed by atoms with Gasteiger partial charge in [0.2, 0.25) is 12.0 Å². The van der Waals surface area contributed by atoms with E-state index in [9.17, 15) is 9.59 Å². The third-order valence-electron chi connectivity index (χ3n) is 6.00. The first-order valence-corrected chi connectivity index (χ1v) is 10.8. The van der Waals surface area contributed by atoms with Gasteiger partial charge < -0.3 is 19.7 Å². The normalized spacial score (nSPS) is 20.6. The predicted molar refractivity (Wildman–Crippen MR) is 117 cm³/mol. The summed E-state index contributed by atoms with van der Waals surface area (Å²) in [5.74, 6) is 1.20. The van der Waals surface area contributed by atoms with Crippen LogP contribution in [0.25, 0.3) is 0 Å². The molecule has 0 spiro atoms. The van der Waals surface area contributed by atoms with Crippen molar-refractivity contribution in [2.24, 2.45) is 0 Å². The van der Waals surface area contributed by atoms with Crippen molar-refractivity contribution in [2.75, 3.05) is 32.8 Å². The fourth-order valence-corrected chi connectivity index (χ4v) is 4.00. The van der Waals surface area contributed by atoms with Crippen molar-refractivity contribution in [3.8, 4) is 11.5 Å². The van der Waals surface area contributed by atoms with Gasteiger partial charge in [0, 0.05) is 26.2 Å². The number of benzene rings is 2. The SMILES string of the molecule is C[C@H](NC(=O)[C@@H](C)N1CCN(C(=O)[C@H]2COc3ccccc3O2)CC1)c1ccccc1. The van der Waals surface area contributed by atoms with Gasteiger partial charge in [0.1, 0.15) is 6.61 Å². The Hall–Kier alpha value is -3.06. The minimum absolute atomic E-state index is 0.00301. The average Bonchev–Trinajstić information content (AvgIpc) is 2.83. The number of para-hydroxylation sites is 2. The molecule has 0 aliphatic carbocycles. The largest absolute Gasteiger partial charge is 0.485 e. The molecule has 164 valence electrons. The number of nitrogens with one attached hydrogen (secondary N) is 1. The van der Waals surface area contributed by atoms with Crippen LogP contribution >= 0.6 is 0 Å². The van der Waals surface area contributed by atoms with Crippen LogP contribution in [-0.2, 0) is 9.59 Å². The molecule has 2 aliphatic rings. The van der Waals surface area contributed by atoms with E-state index in [0.717, 1.165) is 5.56 Å². The molecule has 1 N–H and O–H groups in total.